The minimum absolute atomic E-state index is 0.458. The second-order valence-electron chi connectivity index (χ2n) is 4.66. The van der Waals surface area contributed by atoms with E-state index in [0.717, 1.165) is 29.4 Å². The van der Waals surface area contributed by atoms with Gasteiger partial charge in [0.15, 0.2) is 0 Å². The lowest BCUT2D eigenvalue weighted by Crippen LogP contribution is -2.17. The fraction of sp³-hybridized carbons (Fsp3) is 0.357. The second kappa shape index (κ2) is 5.00. The van der Waals surface area contributed by atoms with Crippen LogP contribution >= 0.6 is 22.9 Å². The zero-order valence-electron chi connectivity index (χ0n) is 10.2. The van der Waals surface area contributed by atoms with E-state index in [0.29, 0.717) is 6.04 Å². The molecule has 0 saturated carbocycles. The maximum atomic E-state index is 6.02. The average molecular weight is 279 g/mol. The first-order valence-electron chi connectivity index (χ1n) is 6.15. The van der Waals surface area contributed by atoms with E-state index in [-0.39, 0.29) is 0 Å². The third kappa shape index (κ3) is 2.44. The van der Waals surface area contributed by atoms with E-state index in [1.54, 1.807) is 11.3 Å². The number of aromatic nitrogens is 1. The Bertz CT molecular complexity index is 565. The molecule has 0 bridgehead atoms. The molecule has 3 rings (SSSR count). The maximum absolute atomic E-state index is 6.02. The van der Waals surface area contributed by atoms with Gasteiger partial charge in [0.05, 0.1) is 5.01 Å². The molecule has 1 aliphatic rings. The maximum Gasteiger partial charge on any atom is 0.0897 e. The Morgan fingerprint density at radius 1 is 1.50 bits per heavy atom. The summed E-state index contributed by atoms with van der Waals surface area (Å²) in [6, 6.07) is 6.69. The van der Waals surface area contributed by atoms with E-state index in [1.807, 2.05) is 19.2 Å². The standard InChI is InChI=1S/C14H15ClN2S/c1-9-16-7-12(18-9)8-17-14-5-2-10-6-11(15)3-4-13(10)14/h3-4,6-7,14,17H,2,5,8H2,1H3. The van der Waals surface area contributed by atoms with E-state index in [2.05, 4.69) is 22.4 Å². The summed E-state index contributed by atoms with van der Waals surface area (Å²) in [7, 11) is 0. The summed E-state index contributed by atoms with van der Waals surface area (Å²) in [6.45, 7) is 2.94. The fourth-order valence-corrected chi connectivity index (χ4v) is 3.45. The summed E-state index contributed by atoms with van der Waals surface area (Å²) >= 11 is 7.78. The minimum Gasteiger partial charge on any atom is -0.305 e. The molecule has 1 heterocycles. The Balaban J connectivity index is 1.69. The Kier molecular flexibility index (Phi) is 3.37. The Labute approximate surface area is 116 Å². The highest BCUT2D eigenvalue weighted by Gasteiger charge is 2.21. The summed E-state index contributed by atoms with van der Waals surface area (Å²) in [5.41, 5.74) is 2.79. The van der Waals surface area contributed by atoms with Gasteiger partial charge in [-0.1, -0.05) is 17.7 Å². The number of benzene rings is 1. The monoisotopic (exact) mass is 278 g/mol. The summed E-state index contributed by atoms with van der Waals surface area (Å²) < 4.78 is 0. The summed E-state index contributed by atoms with van der Waals surface area (Å²) in [5.74, 6) is 0. The zero-order valence-corrected chi connectivity index (χ0v) is 11.8. The number of nitrogens with zero attached hydrogens (tertiary/aromatic N) is 1. The number of nitrogens with one attached hydrogen (secondary N) is 1. The van der Waals surface area contributed by atoms with Crippen LogP contribution in [-0.2, 0) is 13.0 Å². The lowest BCUT2D eigenvalue weighted by atomic mass is 10.1. The van der Waals surface area contributed by atoms with Gasteiger partial charge in [0.1, 0.15) is 0 Å². The van der Waals surface area contributed by atoms with E-state index in [1.165, 1.54) is 16.0 Å². The molecule has 1 aliphatic carbocycles. The molecule has 94 valence electrons. The van der Waals surface area contributed by atoms with Gasteiger partial charge in [-0.05, 0) is 43.0 Å². The second-order valence-corrected chi connectivity index (χ2v) is 6.42. The van der Waals surface area contributed by atoms with Gasteiger partial charge in [-0.3, -0.25) is 0 Å². The molecule has 1 aromatic carbocycles. The van der Waals surface area contributed by atoms with Gasteiger partial charge in [0, 0.05) is 28.7 Å². The normalized spacial score (nSPS) is 18.0. The number of halogens is 1. The molecular formula is C14H15ClN2S. The third-order valence-electron chi connectivity index (χ3n) is 3.37. The molecule has 0 aliphatic heterocycles. The number of hydrogen-bond donors (Lipinski definition) is 1. The van der Waals surface area contributed by atoms with Crippen LogP contribution in [0.25, 0.3) is 0 Å². The molecule has 4 heteroatoms. The van der Waals surface area contributed by atoms with Crippen LogP contribution < -0.4 is 5.32 Å². The third-order valence-corrected chi connectivity index (χ3v) is 4.52. The molecular weight excluding hydrogens is 264 g/mol. The van der Waals surface area contributed by atoms with Crippen LogP contribution in [0.2, 0.25) is 5.02 Å². The van der Waals surface area contributed by atoms with Gasteiger partial charge in [0.2, 0.25) is 0 Å². The van der Waals surface area contributed by atoms with Crippen molar-refractivity contribution >= 4 is 22.9 Å². The van der Waals surface area contributed by atoms with Crippen LogP contribution in [-0.4, -0.2) is 4.98 Å². The molecule has 0 fully saturated rings. The van der Waals surface area contributed by atoms with Crippen molar-refractivity contribution in [3.8, 4) is 0 Å². The quantitative estimate of drug-likeness (QED) is 0.922. The first-order chi connectivity index (χ1) is 8.72. The van der Waals surface area contributed by atoms with Gasteiger partial charge in [-0.25, -0.2) is 4.98 Å². The lowest BCUT2D eigenvalue weighted by molar-refractivity contribution is 0.533. The van der Waals surface area contributed by atoms with Crippen molar-refractivity contribution in [3.63, 3.8) is 0 Å². The topological polar surface area (TPSA) is 24.9 Å². The van der Waals surface area contributed by atoms with Gasteiger partial charge in [-0.2, -0.15) is 0 Å². The van der Waals surface area contributed by atoms with Crippen molar-refractivity contribution < 1.29 is 0 Å². The summed E-state index contributed by atoms with van der Waals surface area (Å²) in [4.78, 5) is 5.58. The minimum atomic E-state index is 0.458. The predicted molar refractivity (Wildman–Crippen MR) is 76.2 cm³/mol. The summed E-state index contributed by atoms with van der Waals surface area (Å²) in [5, 5.41) is 5.58. The molecule has 0 saturated heterocycles. The van der Waals surface area contributed by atoms with Crippen LogP contribution in [0.1, 0.15) is 33.5 Å². The average Bonchev–Trinajstić information content (AvgIpc) is 2.92. The fourth-order valence-electron chi connectivity index (χ4n) is 2.51. The van der Waals surface area contributed by atoms with Gasteiger partial charge in [-0.15, -0.1) is 11.3 Å². The highest BCUT2D eigenvalue weighted by atomic mass is 35.5. The van der Waals surface area contributed by atoms with E-state index >= 15 is 0 Å². The van der Waals surface area contributed by atoms with Crippen LogP contribution in [0.5, 0.6) is 0 Å². The smallest absolute Gasteiger partial charge is 0.0897 e. The van der Waals surface area contributed by atoms with E-state index in [4.69, 9.17) is 11.6 Å². The molecule has 0 spiro atoms. The molecule has 1 N–H and O–H groups in total. The van der Waals surface area contributed by atoms with Crippen molar-refractivity contribution in [2.45, 2.75) is 32.4 Å². The molecule has 0 radical (unpaired) electrons. The molecule has 1 unspecified atom stereocenters. The Hall–Kier alpha value is -0.900. The Morgan fingerprint density at radius 2 is 2.39 bits per heavy atom. The number of rotatable bonds is 3. The van der Waals surface area contributed by atoms with Gasteiger partial charge >= 0.3 is 0 Å². The SMILES string of the molecule is Cc1ncc(CNC2CCc3cc(Cl)ccc32)s1. The lowest BCUT2D eigenvalue weighted by Gasteiger charge is -2.13. The van der Waals surface area contributed by atoms with Gasteiger partial charge < -0.3 is 5.32 Å². The van der Waals surface area contributed by atoms with Crippen molar-refractivity contribution in [1.82, 2.24) is 10.3 Å². The first-order valence-corrected chi connectivity index (χ1v) is 7.35. The molecule has 18 heavy (non-hydrogen) atoms. The molecule has 2 nitrogen and oxygen atoms in total. The first kappa shape index (κ1) is 12.2. The van der Waals surface area contributed by atoms with Crippen LogP contribution in [0.15, 0.2) is 24.4 Å². The number of fused-ring (bicyclic) bond motifs is 1. The predicted octanol–water partition coefficient (Wildman–Crippen LogP) is 3.88. The molecule has 1 aromatic heterocycles. The van der Waals surface area contributed by atoms with Crippen molar-refractivity contribution in [2.24, 2.45) is 0 Å². The van der Waals surface area contributed by atoms with Crippen molar-refractivity contribution in [1.29, 1.82) is 0 Å². The Morgan fingerprint density at radius 3 is 3.17 bits per heavy atom. The highest BCUT2D eigenvalue weighted by Crippen LogP contribution is 2.33. The summed E-state index contributed by atoms with van der Waals surface area (Å²) in [6.07, 6.45) is 4.24. The van der Waals surface area contributed by atoms with E-state index in [9.17, 15) is 0 Å². The van der Waals surface area contributed by atoms with E-state index < -0.39 is 0 Å². The van der Waals surface area contributed by atoms with Crippen LogP contribution in [0.4, 0.5) is 0 Å². The van der Waals surface area contributed by atoms with Crippen LogP contribution in [0.3, 0.4) is 0 Å². The highest BCUT2D eigenvalue weighted by molar-refractivity contribution is 7.11. The number of hydrogen-bond acceptors (Lipinski definition) is 3. The largest absolute Gasteiger partial charge is 0.305 e. The number of aryl methyl sites for hydroxylation is 2. The van der Waals surface area contributed by atoms with Crippen molar-refractivity contribution in [3.05, 3.63) is 50.4 Å². The van der Waals surface area contributed by atoms with Gasteiger partial charge in [0.25, 0.3) is 0 Å². The molecule has 1 atom stereocenters. The van der Waals surface area contributed by atoms with Crippen molar-refractivity contribution in [2.75, 3.05) is 0 Å². The zero-order chi connectivity index (χ0) is 12.5. The molecule has 0 amide bonds. The molecule has 2 aromatic rings. The van der Waals surface area contributed by atoms with Crippen LogP contribution in [0, 0.1) is 6.92 Å². The number of thiazole rings is 1.